The van der Waals surface area contributed by atoms with Crippen LogP contribution in [0.1, 0.15) is 5.56 Å². The van der Waals surface area contributed by atoms with Crippen molar-refractivity contribution in [1.82, 2.24) is 0 Å². The predicted molar refractivity (Wildman–Crippen MR) is 86.2 cm³/mol. The Morgan fingerprint density at radius 1 is 1.23 bits per heavy atom. The quantitative estimate of drug-likeness (QED) is 0.922. The smallest absolute Gasteiger partial charge is 0.265 e. The molecule has 0 bridgehead atoms. The third kappa shape index (κ3) is 2.98. The molecule has 6 heteroatoms. The zero-order valence-corrected chi connectivity index (χ0v) is 13.2. The molecule has 0 radical (unpaired) electrons. The van der Waals surface area contributed by atoms with Crippen LogP contribution in [0.5, 0.6) is 11.5 Å². The van der Waals surface area contributed by atoms with Crippen molar-refractivity contribution in [3.8, 4) is 11.5 Å². The molecule has 1 atom stereocenters. The maximum atomic E-state index is 12.4. The zero-order chi connectivity index (χ0) is 15.7. The Morgan fingerprint density at radius 2 is 1.95 bits per heavy atom. The average Bonchev–Trinajstić information content (AvgIpc) is 2.90. The van der Waals surface area contributed by atoms with Gasteiger partial charge >= 0.3 is 0 Å². The summed E-state index contributed by atoms with van der Waals surface area (Å²) in [5.74, 6) is 0.965. The Labute approximate surface area is 137 Å². The van der Waals surface area contributed by atoms with E-state index in [1.165, 1.54) is 7.11 Å². The van der Waals surface area contributed by atoms with Crippen LogP contribution in [-0.4, -0.2) is 19.1 Å². The Morgan fingerprint density at radius 3 is 2.73 bits per heavy atom. The molecule has 1 unspecified atom stereocenters. The van der Waals surface area contributed by atoms with Crippen LogP contribution < -0.4 is 14.8 Å². The van der Waals surface area contributed by atoms with Crippen LogP contribution in [0.25, 0.3) is 0 Å². The van der Waals surface area contributed by atoms with Crippen LogP contribution in [0.2, 0.25) is 10.0 Å². The molecule has 1 heterocycles. The van der Waals surface area contributed by atoms with Crippen LogP contribution in [0, 0.1) is 0 Å². The van der Waals surface area contributed by atoms with Crippen LogP contribution in [0.15, 0.2) is 36.4 Å². The van der Waals surface area contributed by atoms with Gasteiger partial charge in [0.1, 0.15) is 11.5 Å². The van der Waals surface area contributed by atoms with Gasteiger partial charge in [-0.05, 0) is 42.0 Å². The van der Waals surface area contributed by atoms with E-state index in [0.717, 1.165) is 5.56 Å². The molecule has 1 aliphatic rings. The molecule has 4 nitrogen and oxygen atoms in total. The lowest BCUT2D eigenvalue weighted by atomic mass is 10.1. The highest BCUT2D eigenvalue weighted by molar-refractivity contribution is 6.31. The third-order valence-electron chi connectivity index (χ3n) is 3.41. The van der Waals surface area contributed by atoms with Crippen LogP contribution in [0.3, 0.4) is 0 Å². The van der Waals surface area contributed by atoms with E-state index in [1.54, 1.807) is 30.3 Å². The molecule has 1 amide bonds. The van der Waals surface area contributed by atoms with Gasteiger partial charge < -0.3 is 14.8 Å². The average molecular weight is 338 g/mol. The number of hydrogen-bond acceptors (Lipinski definition) is 3. The van der Waals surface area contributed by atoms with E-state index in [4.69, 9.17) is 32.7 Å². The molecule has 22 heavy (non-hydrogen) atoms. The molecule has 0 fully saturated rings. The zero-order valence-electron chi connectivity index (χ0n) is 11.7. The second-order valence-electron chi connectivity index (χ2n) is 4.90. The summed E-state index contributed by atoms with van der Waals surface area (Å²) in [7, 11) is 1.53. The summed E-state index contributed by atoms with van der Waals surface area (Å²) >= 11 is 11.9. The molecule has 0 aromatic heterocycles. The predicted octanol–water partition coefficient (Wildman–Crippen LogP) is 3.94. The van der Waals surface area contributed by atoms with Crippen molar-refractivity contribution in [2.75, 3.05) is 12.4 Å². The van der Waals surface area contributed by atoms with Crippen molar-refractivity contribution in [1.29, 1.82) is 0 Å². The maximum absolute atomic E-state index is 12.4. The van der Waals surface area contributed by atoms with E-state index in [9.17, 15) is 4.79 Å². The molecule has 3 rings (SSSR count). The number of fused-ring (bicyclic) bond motifs is 1. The monoisotopic (exact) mass is 337 g/mol. The number of benzene rings is 2. The molecule has 2 aromatic rings. The molecule has 0 aliphatic carbocycles. The summed E-state index contributed by atoms with van der Waals surface area (Å²) in [4.78, 5) is 12.4. The number of carbonyl (C=O) groups is 1. The Hall–Kier alpha value is -1.91. The van der Waals surface area contributed by atoms with Gasteiger partial charge in [0.05, 0.1) is 12.8 Å². The first-order chi connectivity index (χ1) is 10.6. The normalized spacial score (nSPS) is 15.9. The van der Waals surface area contributed by atoms with E-state index < -0.39 is 6.10 Å². The molecular weight excluding hydrogens is 325 g/mol. The second-order valence-corrected chi connectivity index (χ2v) is 5.77. The fraction of sp³-hybridized carbons (Fsp3) is 0.188. The van der Waals surface area contributed by atoms with Gasteiger partial charge in [-0.25, -0.2) is 0 Å². The maximum Gasteiger partial charge on any atom is 0.265 e. The number of nitrogens with one attached hydrogen (secondary N) is 1. The minimum Gasteiger partial charge on any atom is -0.495 e. The van der Waals surface area contributed by atoms with Crippen molar-refractivity contribution in [2.45, 2.75) is 12.5 Å². The minimum absolute atomic E-state index is 0.257. The minimum atomic E-state index is -0.600. The van der Waals surface area contributed by atoms with Gasteiger partial charge in [-0.3, -0.25) is 4.79 Å². The lowest BCUT2D eigenvalue weighted by molar-refractivity contribution is -0.122. The highest BCUT2D eigenvalue weighted by Gasteiger charge is 2.29. The molecule has 2 aromatic carbocycles. The Bertz CT molecular complexity index is 733. The highest BCUT2D eigenvalue weighted by Crippen LogP contribution is 2.33. The topological polar surface area (TPSA) is 47.6 Å². The molecule has 1 aliphatic heterocycles. The first kappa shape index (κ1) is 15.0. The highest BCUT2D eigenvalue weighted by atomic mass is 35.5. The molecule has 0 spiro atoms. The molecule has 0 saturated carbocycles. The Kier molecular flexibility index (Phi) is 4.14. The number of rotatable bonds is 3. The number of hydrogen-bond donors (Lipinski definition) is 1. The van der Waals surface area contributed by atoms with E-state index in [1.807, 2.05) is 6.07 Å². The van der Waals surface area contributed by atoms with E-state index in [0.29, 0.717) is 33.7 Å². The summed E-state index contributed by atoms with van der Waals surface area (Å²) in [6.45, 7) is 0. The SMILES string of the molecule is COc1ccc(Cl)cc1NC(=O)C1Cc2cc(Cl)ccc2O1. The number of ether oxygens (including phenoxy) is 2. The largest absolute Gasteiger partial charge is 0.495 e. The first-order valence-corrected chi connectivity index (χ1v) is 7.42. The molecular formula is C16H13Cl2NO3. The van der Waals surface area contributed by atoms with E-state index >= 15 is 0 Å². The van der Waals surface area contributed by atoms with Crippen molar-refractivity contribution >= 4 is 34.8 Å². The van der Waals surface area contributed by atoms with Crippen molar-refractivity contribution in [2.24, 2.45) is 0 Å². The third-order valence-corrected chi connectivity index (χ3v) is 3.88. The van der Waals surface area contributed by atoms with Crippen molar-refractivity contribution in [3.63, 3.8) is 0 Å². The second kappa shape index (κ2) is 6.07. The van der Waals surface area contributed by atoms with Crippen LogP contribution >= 0.6 is 23.2 Å². The lowest BCUT2D eigenvalue weighted by Crippen LogP contribution is -2.31. The number of anilines is 1. The number of carbonyl (C=O) groups excluding carboxylic acids is 1. The lowest BCUT2D eigenvalue weighted by Gasteiger charge is -2.14. The van der Waals surface area contributed by atoms with Gasteiger partial charge in [0.15, 0.2) is 6.10 Å². The molecule has 114 valence electrons. The summed E-state index contributed by atoms with van der Waals surface area (Å²) in [6.07, 6.45) is -0.123. The van der Waals surface area contributed by atoms with Gasteiger partial charge in [0.25, 0.3) is 5.91 Å². The van der Waals surface area contributed by atoms with Crippen LogP contribution in [-0.2, 0) is 11.2 Å². The molecule has 1 N–H and O–H groups in total. The molecule has 0 saturated heterocycles. The fourth-order valence-electron chi connectivity index (χ4n) is 2.35. The van der Waals surface area contributed by atoms with Crippen LogP contribution in [0.4, 0.5) is 5.69 Å². The Balaban J connectivity index is 1.75. The number of amides is 1. The van der Waals surface area contributed by atoms with E-state index in [-0.39, 0.29) is 5.91 Å². The van der Waals surface area contributed by atoms with Gasteiger partial charge in [0.2, 0.25) is 0 Å². The van der Waals surface area contributed by atoms with Crippen molar-refractivity contribution < 1.29 is 14.3 Å². The standard InChI is InChI=1S/C16H13Cl2NO3/c1-21-14-5-3-11(18)8-12(14)19-16(20)15-7-9-6-10(17)2-4-13(9)22-15/h2-6,8,15H,7H2,1H3,(H,19,20). The number of methoxy groups -OCH3 is 1. The van der Waals surface area contributed by atoms with Gasteiger partial charge in [-0.1, -0.05) is 23.2 Å². The first-order valence-electron chi connectivity index (χ1n) is 6.66. The fourth-order valence-corrected chi connectivity index (χ4v) is 2.72. The summed E-state index contributed by atoms with van der Waals surface area (Å²) in [5.41, 5.74) is 1.43. The van der Waals surface area contributed by atoms with Gasteiger partial charge in [0, 0.05) is 16.5 Å². The number of halogens is 2. The van der Waals surface area contributed by atoms with E-state index in [2.05, 4.69) is 5.32 Å². The van der Waals surface area contributed by atoms with Gasteiger partial charge in [-0.15, -0.1) is 0 Å². The summed E-state index contributed by atoms with van der Waals surface area (Å²) in [6, 6.07) is 10.3. The van der Waals surface area contributed by atoms with Crippen molar-refractivity contribution in [3.05, 3.63) is 52.0 Å². The summed E-state index contributed by atoms with van der Waals surface area (Å²) < 4.78 is 10.9. The summed E-state index contributed by atoms with van der Waals surface area (Å²) in [5, 5.41) is 3.92. The van der Waals surface area contributed by atoms with Gasteiger partial charge in [-0.2, -0.15) is 0 Å².